The minimum Gasteiger partial charge on any atom is -0.346 e. The molecular formula is C26H35N7O4. The fourth-order valence-electron chi connectivity index (χ4n) is 5.35. The molecule has 5 rings (SSSR count). The van der Waals surface area contributed by atoms with Gasteiger partial charge in [0.05, 0.1) is 12.0 Å². The maximum absolute atomic E-state index is 13.3. The number of carbonyl (C=O) groups excluding carboxylic acids is 4. The second kappa shape index (κ2) is 10.0. The van der Waals surface area contributed by atoms with Crippen LogP contribution in [0, 0.1) is 11.8 Å². The van der Waals surface area contributed by atoms with E-state index in [0.717, 1.165) is 25.7 Å². The fraction of sp³-hybridized carbons (Fsp3) is 0.577. The summed E-state index contributed by atoms with van der Waals surface area (Å²) in [5.41, 5.74) is 0.890. The number of hydrogen-bond donors (Lipinski definition) is 2. The van der Waals surface area contributed by atoms with Crippen molar-refractivity contribution in [2.75, 3.05) is 19.6 Å². The molecule has 3 unspecified atom stereocenters. The molecule has 2 saturated heterocycles. The van der Waals surface area contributed by atoms with E-state index in [-0.39, 0.29) is 42.0 Å². The van der Waals surface area contributed by atoms with E-state index in [2.05, 4.69) is 15.7 Å². The van der Waals surface area contributed by atoms with Crippen molar-refractivity contribution in [2.45, 2.75) is 57.7 Å². The molecule has 1 aromatic heterocycles. The smallest absolute Gasteiger partial charge is 0.327 e. The third kappa shape index (κ3) is 5.26. The number of nitrogens with zero attached hydrogens (tertiary/aromatic N) is 5. The maximum atomic E-state index is 13.3. The maximum Gasteiger partial charge on any atom is 0.327 e. The molecule has 37 heavy (non-hydrogen) atoms. The topological polar surface area (TPSA) is 120 Å². The minimum atomic E-state index is -0.536. The van der Waals surface area contributed by atoms with Crippen molar-refractivity contribution in [1.82, 2.24) is 35.1 Å². The first-order valence-corrected chi connectivity index (χ1v) is 13.1. The number of urea groups is 2. The third-order valence-corrected chi connectivity index (χ3v) is 7.46. The van der Waals surface area contributed by atoms with Crippen molar-refractivity contribution in [3.8, 4) is 0 Å². The molecule has 0 aromatic carbocycles. The quantitative estimate of drug-likeness (QED) is 0.607. The van der Waals surface area contributed by atoms with Crippen molar-refractivity contribution in [1.29, 1.82) is 0 Å². The van der Waals surface area contributed by atoms with Gasteiger partial charge in [0.15, 0.2) is 0 Å². The monoisotopic (exact) mass is 509 g/mol. The average molecular weight is 510 g/mol. The zero-order chi connectivity index (χ0) is 26.3. The van der Waals surface area contributed by atoms with Gasteiger partial charge in [-0.1, -0.05) is 6.08 Å². The van der Waals surface area contributed by atoms with Gasteiger partial charge < -0.3 is 20.4 Å². The number of rotatable bonds is 6. The molecule has 4 aliphatic rings. The Balaban J connectivity index is 1.23. The van der Waals surface area contributed by atoms with Crippen LogP contribution < -0.4 is 10.6 Å². The molecule has 6 amide bonds. The Kier molecular flexibility index (Phi) is 6.78. The summed E-state index contributed by atoms with van der Waals surface area (Å²) < 4.78 is 1.57. The molecule has 11 nitrogen and oxygen atoms in total. The van der Waals surface area contributed by atoms with E-state index in [0.29, 0.717) is 36.9 Å². The van der Waals surface area contributed by atoms with E-state index in [1.807, 2.05) is 19.9 Å². The molecule has 2 aliphatic carbocycles. The lowest BCUT2D eigenvalue weighted by Crippen LogP contribution is -2.63. The number of carbonyl (C=O) groups is 4. The molecule has 2 N–H and O–H groups in total. The van der Waals surface area contributed by atoms with E-state index < -0.39 is 5.92 Å². The summed E-state index contributed by atoms with van der Waals surface area (Å²) in [7, 11) is 1.75. The average Bonchev–Trinajstić information content (AvgIpc) is 3.58. The Morgan fingerprint density at radius 3 is 2.65 bits per heavy atom. The molecule has 3 fully saturated rings. The number of imide groups is 1. The Hall–Kier alpha value is -3.63. The normalized spacial score (nSPS) is 25.8. The number of nitrogens with one attached hydrogen (secondary N) is 2. The van der Waals surface area contributed by atoms with Crippen LogP contribution in [0.25, 0.3) is 0 Å². The molecule has 1 saturated carbocycles. The highest BCUT2D eigenvalue weighted by Crippen LogP contribution is 2.35. The first-order valence-electron chi connectivity index (χ1n) is 13.1. The Morgan fingerprint density at radius 2 is 1.97 bits per heavy atom. The van der Waals surface area contributed by atoms with Crippen LogP contribution in [0.3, 0.4) is 0 Å². The lowest BCUT2D eigenvalue weighted by molar-refractivity contribution is -0.136. The van der Waals surface area contributed by atoms with Crippen molar-refractivity contribution in [2.24, 2.45) is 18.9 Å². The predicted molar refractivity (Wildman–Crippen MR) is 135 cm³/mol. The van der Waals surface area contributed by atoms with Gasteiger partial charge in [-0.3, -0.25) is 19.2 Å². The highest BCUT2D eigenvalue weighted by Gasteiger charge is 2.47. The van der Waals surface area contributed by atoms with Gasteiger partial charge in [-0.05, 0) is 63.7 Å². The van der Waals surface area contributed by atoms with Crippen LogP contribution in [0.2, 0.25) is 0 Å². The van der Waals surface area contributed by atoms with Crippen molar-refractivity contribution in [3.63, 3.8) is 0 Å². The van der Waals surface area contributed by atoms with Gasteiger partial charge in [0.2, 0.25) is 5.91 Å². The van der Waals surface area contributed by atoms with Gasteiger partial charge in [0.25, 0.3) is 5.91 Å². The second-order valence-electron chi connectivity index (χ2n) is 10.7. The summed E-state index contributed by atoms with van der Waals surface area (Å²) >= 11 is 0. The van der Waals surface area contributed by atoms with Gasteiger partial charge in [0.1, 0.15) is 5.69 Å². The molecule has 2 aliphatic heterocycles. The Morgan fingerprint density at radius 1 is 1.19 bits per heavy atom. The zero-order valence-corrected chi connectivity index (χ0v) is 21.6. The van der Waals surface area contributed by atoms with Crippen LogP contribution >= 0.6 is 0 Å². The zero-order valence-electron chi connectivity index (χ0n) is 21.6. The van der Waals surface area contributed by atoms with Gasteiger partial charge in [0, 0.05) is 50.7 Å². The number of hydrogen-bond acceptors (Lipinski definition) is 5. The number of allylic oxidation sites excluding steroid dienone is 1. The highest BCUT2D eigenvalue weighted by atomic mass is 16.2. The molecule has 0 spiro atoms. The number of piperidine rings is 1. The molecule has 198 valence electrons. The van der Waals surface area contributed by atoms with E-state index in [9.17, 15) is 19.2 Å². The number of amides is 6. The molecule has 0 radical (unpaired) electrons. The van der Waals surface area contributed by atoms with Gasteiger partial charge >= 0.3 is 12.1 Å². The SMILES string of the molecule is CC(C)N1C(=O)N(CC2CC2)C(=O)C2C=C(NC(=O)N3CCCC(NC(=O)c4ccn(C)n4)C3)C=CC21. The largest absolute Gasteiger partial charge is 0.346 e. The molecule has 0 bridgehead atoms. The highest BCUT2D eigenvalue weighted by molar-refractivity contribution is 6.00. The van der Waals surface area contributed by atoms with Crippen LogP contribution in [-0.4, -0.2) is 86.1 Å². The van der Waals surface area contributed by atoms with E-state index in [4.69, 9.17) is 0 Å². The Labute approximate surface area is 216 Å². The van der Waals surface area contributed by atoms with E-state index >= 15 is 0 Å². The Bertz CT molecular complexity index is 1150. The fourth-order valence-corrected chi connectivity index (χ4v) is 5.35. The molecule has 3 heterocycles. The third-order valence-electron chi connectivity index (χ3n) is 7.46. The predicted octanol–water partition coefficient (Wildman–Crippen LogP) is 1.85. The number of likely N-dealkylation sites (tertiary alicyclic amines) is 1. The summed E-state index contributed by atoms with van der Waals surface area (Å²) in [6, 6.07) is 0.555. The van der Waals surface area contributed by atoms with Crippen molar-refractivity contribution in [3.05, 3.63) is 41.9 Å². The van der Waals surface area contributed by atoms with Crippen molar-refractivity contribution >= 4 is 23.9 Å². The van der Waals surface area contributed by atoms with Crippen LogP contribution in [0.4, 0.5) is 9.59 Å². The van der Waals surface area contributed by atoms with Crippen LogP contribution in [0.1, 0.15) is 50.0 Å². The van der Waals surface area contributed by atoms with E-state index in [1.54, 1.807) is 45.9 Å². The van der Waals surface area contributed by atoms with Gasteiger partial charge in [-0.2, -0.15) is 5.10 Å². The van der Waals surface area contributed by atoms with Crippen molar-refractivity contribution < 1.29 is 19.2 Å². The first kappa shape index (κ1) is 25.0. The van der Waals surface area contributed by atoms with Gasteiger partial charge in [-0.25, -0.2) is 9.59 Å². The van der Waals surface area contributed by atoms with Crippen LogP contribution in [0.5, 0.6) is 0 Å². The summed E-state index contributed by atoms with van der Waals surface area (Å²) in [6.07, 6.45) is 10.7. The second-order valence-corrected chi connectivity index (χ2v) is 10.7. The summed E-state index contributed by atoms with van der Waals surface area (Å²) in [5, 5.41) is 10.0. The van der Waals surface area contributed by atoms with Crippen LogP contribution in [0.15, 0.2) is 36.2 Å². The number of aromatic nitrogens is 2. The standard InChI is InChI=1S/C26H35N7O4/c1-16(2)33-22-9-8-18(13-20(22)24(35)32(26(33)37)14-17-6-7-17)28-25(36)31-11-4-5-19(15-31)27-23(34)21-10-12-30(3)29-21/h8-10,12-13,16-17,19-20,22H,4-7,11,14-15H2,1-3H3,(H,27,34)(H,28,36). The summed E-state index contributed by atoms with van der Waals surface area (Å²) in [5.74, 6) is -0.602. The summed E-state index contributed by atoms with van der Waals surface area (Å²) in [4.78, 5) is 56.9. The molecule has 11 heteroatoms. The molecule has 3 atom stereocenters. The lowest BCUT2D eigenvalue weighted by atomic mass is 9.88. The summed E-state index contributed by atoms with van der Waals surface area (Å²) in [6.45, 7) is 5.33. The lowest BCUT2D eigenvalue weighted by Gasteiger charge is -2.46. The minimum absolute atomic E-state index is 0.0597. The number of aryl methyl sites for hydroxylation is 1. The first-order chi connectivity index (χ1) is 17.7. The molecule has 1 aromatic rings. The van der Waals surface area contributed by atoms with Gasteiger partial charge in [-0.15, -0.1) is 0 Å². The molecular weight excluding hydrogens is 474 g/mol. The van der Waals surface area contributed by atoms with Crippen LogP contribution in [-0.2, 0) is 11.8 Å². The van der Waals surface area contributed by atoms with E-state index in [1.165, 1.54) is 4.90 Å². The number of fused-ring (bicyclic) bond motifs is 1.